The van der Waals surface area contributed by atoms with Gasteiger partial charge in [-0.15, -0.1) is 0 Å². The molecule has 16 heavy (non-hydrogen) atoms. The summed E-state index contributed by atoms with van der Waals surface area (Å²) in [6.45, 7) is 6.04. The van der Waals surface area contributed by atoms with Crippen molar-refractivity contribution in [1.82, 2.24) is 9.80 Å². The highest BCUT2D eigenvalue weighted by atomic mass is 16.5. The van der Waals surface area contributed by atoms with Crippen LogP contribution in [0.1, 0.15) is 19.8 Å². The molecule has 0 spiro atoms. The van der Waals surface area contributed by atoms with Gasteiger partial charge in [0.1, 0.15) is 0 Å². The molecule has 4 heteroatoms. The molecule has 2 unspecified atom stereocenters. The molecular weight excluding hydrogens is 204 g/mol. The molecule has 1 rings (SSSR count). The van der Waals surface area contributed by atoms with Crippen LogP contribution in [0.5, 0.6) is 0 Å². The Balaban J connectivity index is 2.28. The van der Waals surface area contributed by atoms with Gasteiger partial charge in [0.25, 0.3) is 0 Å². The lowest BCUT2D eigenvalue weighted by atomic mass is 10.2. The summed E-state index contributed by atoms with van der Waals surface area (Å²) in [5.41, 5.74) is 0. The molecule has 1 fully saturated rings. The lowest BCUT2D eigenvalue weighted by Crippen LogP contribution is -2.42. The summed E-state index contributed by atoms with van der Waals surface area (Å²) < 4.78 is 5.23. The van der Waals surface area contributed by atoms with Crippen LogP contribution < -0.4 is 0 Å². The zero-order valence-electron chi connectivity index (χ0n) is 10.9. The minimum atomic E-state index is -0.345. The summed E-state index contributed by atoms with van der Waals surface area (Å²) in [5.74, 6) is 0. The molecule has 0 bridgehead atoms. The number of hydrogen-bond acceptors (Lipinski definition) is 4. The number of ether oxygens (including phenoxy) is 1. The summed E-state index contributed by atoms with van der Waals surface area (Å²) in [6, 6.07) is 0.603. The fourth-order valence-electron chi connectivity index (χ4n) is 2.34. The molecule has 1 aliphatic heterocycles. The number of likely N-dealkylation sites (N-methyl/N-ethyl adjacent to an activating group) is 1. The zero-order valence-corrected chi connectivity index (χ0v) is 10.9. The van der Waals surface area contributed by atoms with Crippen LogP contribution in [0, 0.1) is 0 Å². The van der Waals surface area contributed by atoms with E-state index in [0.29, 0.717) is 19.3 Å². The number of likely N-dealkylation sites (tertiary alicyclic amines) is 1. The Morgan fingerprint density at radius 1 is 1.50 bits per heavy atom. The first-order valence-electron chi connectivity index (χ1n) is 6.28. The third-order valence-corrected chi connectivity index (χ3v) is 3.03. The maximum atomic E-state index is 9.81. The average molecular weight is 230 g/mol. The second-order valence-corrected chi connectivity index (χ2v) is 4.87. The minimum absolute atomic E-state index is 0.345. The molecule has 0 aromatic carbocycles. The standard InChI is InChI=1S/C12H26N2O2/c1-4-16-10-12(15)9-14-7-5-6-11(14)8-13(2)3/h11-12,15H,4-10H2,1-3H3. The second kappa shape index (κ2) is 7.22. The Hall–Kier alpha value is -0.160. The van der Waals surface area contributed by atoms with Gasteiger partial charge in [0.05, 0.1) is 12.7 Å². The van der Waals surface area contributed by atoms with E-state index in [4.69, 9.17) is 4.74 Å². The lowest BCUT2D eigenvalue weighted by molar-refractivity contribution is 0.0170. The molecule has 0 aliphatic carbocycles. The van der Waals surface area contributed by atoms with Crippen molar-refractivity contribution in [1.29, 1.82) is 0 Å². The van der Waals surface area contributed by atoms with Crippen LogP contribution >= 0.6 is 0 Å². The van der Waals surface area contributed by atoms with Crippen molar-refractivity contribution in [3.63, 3.8) is 0 Å². The van der Waals surface area contributed by atoms with Crippen LogP contribution in [0.2, 0.25) is 0 Å². The van der Waals surface area contributed by atoms with Crippen LogP contribution in [0.4, 0.5) is 0 Å². The Labute approximate surface area is 99.2 Å². The smallest absolute Gasteiger partial charge is 0.0900 e. The largest absolute Gasteiger partial charge is 0.389 e. The SMILES string of the molecule is CCOCC(O)CN1CCCC1CN(C)C. The van der Waals surface area contributed by atoms with E-state index in [9.17, 15) is 5.11 Å². The normalized spacial score (nSPS) is 24.2. The maximum absolute atomic E-state index is 9.81. The Morgan fingerprint density at radius 3 is 2.88 bits per heavy atom. The van der Waals surface area contributed by atoms with E-state index in [1.165, 1.54) is 12.8 Å². The van der Waals surface area contributed by atoms with Crippen molar-refractivity contribution in [3.8, 4) is 0 Å². The number of hydrogen-bond donors (Lipinski definition) is 1. The van der Waals surface area contributed by atoms with E-state index in [2.05, 4.69) is 23.9 Å². The number of rotatable bonds is 7. The molecule has 2 atom stereocenters. The van der Waals surface area contributed by atoms with Gasteiger partial charge >= 0.3 is 0 Å². The summed E-state index contributed by atoms with van der Waals surface area (Å²) in [6.07, 6.45) is 2.15. The van der Waals surface area contributed by atoms with Gasteiger partial charge in [-0.25, -0.2) is 0 Å². The van der Waals surface area contributed by atoms with Gasteiger partial charge in [-0.1, -0.05) is 0 Å². The quantitative estimate of drug-likeness (QED) is 0.687. The fraction of sp³-hybridized carbons (Fsp3) is 1.00. The van der Waals surface area contributed by atoms with Gasteiger partial charge in [-0.05, 0) is 40.4 Å². The first kappa shape index (κ1) is 13.9. The Kier molecular flexibility index (Phi) is 6.28. The topological polar surface area (TPSA) is 35.9 Å². The highest BCUT2D eigenvalue weighted by molar-refractivity contribution is 4.82. The fourth-order valence-corrected chi connectivity index (χ4v) is 2.34. The van der Waals surface area contributed by atoms with Crippen LogP contribution in [-0.4, -0.2) is 74.0 Å². The molecule has 0 radical (unpaired) electrons. The van der Waals surface area contributed by atoms with Gasteiger partial charge in [-0.2, -0.15) is 0 Å². The molecule has 0 aromatic rings. The van der Waals surface area contributed by atoms with E-state index >= 15 is 0 Å². The molecule has 4 nitrogen and oxygen atoms in total. The number of β-amino-alcohol motifs (C(OH)–C–C–N with tert-alkyl or cyclic N) is 1. The van der Waals surface area contributed by atoms with Crippen molar-refractivity contribution < 1.29 is 9.84 Å². The monoisotopic (exact) mass is 230 g/mol. The van der Waals surface area contributed by atoms with E-state index in [-0.39, 0.29) is 6.10 Å². The first-order valence-corrected chi connectivity index (χ1v) is 6.28. The summed E-state index contributed by atoms with van der Waals surface area (Å²) >= 11 is 0. The average Bonchev–Trinajstić information content (AvgIpc) is 2.62. The summed E-state index contributed by atoms with van der Waals surface area (Å²) in [4.78, 5) is 4.61. The maximum Gasteiger partial charge on any atom is 0.0900 e. The van der Waals surface area contributed by atoms with Crippen molar-refractivity contribution in [2.45, 2.75) is 31.9 Å². The molecule has 1 heterocycles. The van der Waals surface area contributed by atoms with Gasteiger partial charge in [0.15, 0.2) is 0 Å². The highest BCUT2D eigenvalue weighted by Gasteiger charge is 2.26. The van der Waals surface area contributed by atoms with E-state index in [0.717, 1.165) is 19.6 Å². The van der Waals surface area contributed by atoms with E-state index in [1.54, 1.807) is 0 Å². The van der Waals surface area contributed by atoms with Crippen molar-refractivity contribution >= 4 is 0 Å². The summed E-state index contributed by atoms with van der Waals surface area (Å²) in [7, 11) is 4.21. The molecular formula is C12H26N2O2. The second-order valence-electron chi connectivity index (χ2n) is 4.87. The minimum Gasteiger partial charge on any atom is -0.389 e. The van der Waals surface area contributed by atoms with Gasteiger partial charge in [0, 0.05) is 25.7 Å². The number of aliphatic hydroxyl groups is 1. The molecule has 0 saturated carbocycles. The van der Waals surface area contributed by atoms with Crippen molar-refractivity contribution in [2.24, 2.45) is 0 Å². The zero-order chi connectivity index (χ0) is 12.0. The van der Waals surface area contributed by atoms with E-state index < -0.39 is 0 Å². The van der Waals surface area contributed by atoms with Gasteiger partial charge in [-0.3, -0.25) is 4.90 Å². The molecule has 0 aromatic heterocycles. The Morgan fingerprint density at radius 2 is 2.25 bits per heavy atom. The molecule has 1 saturated heterocycles. The lowest BCUT2D eigenvalue weighted by Gasteiger charge is -2.28. The number of aliphatic hydroxyl groups excluding tert-OH is 1. The number of nitrogens with zero attached hydrogens (tertiary/aromatic N) is 2. The highest BCUT2D eigenvalue weighted by Crippen LogP contribution is 2.17. The predicted octanol–water partition coefficient (Wildman–Crippen LogP) is 0.410. The van der Waals surface area contributed by atoms with Crippen LogP contribution in [0.3, 0.4) is 0 Å². The van der Waals surface area contributed by atoms with Crippen LogP contribution in [-0.2, 0) is 4.74 Å². The van der Waals surface area contributed by atoms with Crippen molar-refractivity contribution in [3.05, 3.63) is 0 Å². The molecule has 1 N–H and O–H groups in total. The molecule has 1 aliphatic rings. The first-order chi connectivity index (χ1) is 7.63. The molecule has 0 amide bonds. The summed E-state index contributed by atoms with van der Waals surface area (Å²) in [5, 5.41) is 9.81. The van der Waals surface area contributed by atoms with Gasteiger partial charge < -0.3 is 14.7 Å². The third kappa shape index (κ3) is 4.78. The Bertz CT molecular complexity index is 188. The van der Waals surface area contributed by atoms with Gasteiger partial charge in [0.2, 0.25) is 0 Å². The van der Waals surface area contributed by atoms with Crippen LogP contribution in [0.15, 0.2) is 0 Å². The predicted molar refractivity (Wildman–Crippen MR) is 65.6 cm³/mol. The van der Waals surface area contributed by atoms with Crippen LogP contribution in [0.25, 0.3) is 0 Å². The molecule has 96 valence electrons. The van der Waals surface area contributed by atoms with E-state index in [1.807, 2.05) is 6.92 Å². The third-order valence-electron chi connectivity index (χ3n) is 3.03. The van der Waals surface area contributed by atoms with Crippen molar-refractivity contribution in [2.75, 3.05) is 46.9 Å².